The van der Waals surface area contributed by atoms with Gasteiger partial charge in [-0.3, -0.25) is 13.9 Å². The summed E-state index contributed by atoms with van der Waals surface area (Å²) in [7, 11) is -4.50. The molecule has 3 rings (SSSR count). The number of alkyl halides is 3. The van der Waals surface area contributed by atoms with Gasteiger partial charge in [0.15, 0.2) is 0 Å². The van der Waals surface area contributed by atoms with Crippen LogP contribution in [0.15, 0.2) is 83.8 Å². The predicted octanol–water partition coefficient (Wildman–Crippen LogP) is 6.28. The van der Waals surface area contributed by atoms with Gasteiger partial charge in [-0.25, -0.2) is 8.42 Å². The number of anilines is 1. The molecule has 2 atom stereocenters. The summed E-state index contributed by atoms with van der Waals surface area (Å²) in [6.07, 6.45) is -3.90. The van der Waals surface area contributed by atoms with Crippen LogP contribution in [0, 0.1) is 0 Å². The number of benzene rings is 3. The van der Waals surface area contributed by atoms with Crippen molar-refractivity contribution in [3.8, 4) is 0 Å². The monoisotopic (exact) mass is 623 g/mol. The molecule has 226 valence electrons. The van der Waals surface area contributed by atoms with Crippen molar-refractivity contribution in [1.29, 1.82) is 0 Å². The number of amides is 2. The summed E-state index contributed by atoms with van der Waals surface area (Å²) < 4.78 is 69.0. The summed E-state index contributed by atoms with van der Waals surface area (Å²) in [4.78, 5) is 28.3. The van der Waals surface area contributed by atoms with Crippen LogP contribution in [-0.2, 0) is 32.3 Å². The van der Waals surface area contributed by atoms with E-state index in [9.17, 15) is 31.2 Å². The molecule has 2 amide bonds. The molecule has 0 saturated carbocycles. The Bertz CT molecular complexity index is 1470. The molecular formula is C30H33ClF3N3O4S. The van der Waals surface area contributed by atoms with Crippen LogP contribution in [-0.4, -0.2) is 43.8 Å². The van der Waals surface area contributed by atoms with Crippen molar-refractivity contribution in [2.75, 3.05) is 10.8 Å². The molecule has 3 aromatic rings. The molecule has 2 unspecified atom stereocenters. The first-order chi connectivity index (χ1) is 19.8. The minimum atomic E-state index is -4.75. The van der Waals surface area contributed by atoms with Gasteiger partial charge in [-0.2, -0.15) is 13.2 Å². The van der Waals surface area contributed by atoms with Crippen LogP contribution in [0.2, 0.25) is 5.02 Å². The summed E-state index contributed by atoms with van der Waals surface area (Å²) in [6.45, 7) is 4.51. The Balaban J connectivity index is 2.10. The lowest BCUT2D eigenvalue weighted by molar-refractivity contribution is -0.140. The summed E-state index contributed by atoms with van der Waals surface area (Å²) in [5, 5.41) is 3.33. The number of hydrogen-bond donors (Lipinski definition) is 1. The molecule has 0 aliphatic carbocycles. The summed E-state index contributed by atoms with van der Waals surface area (Å²) in [6, 6.07) is 16.3. The lowest BCUT2D eigenvalue weighted by atomic mass is 10.1. The molecule has 42 heavy (non-hydrogen) atoms. The largest absolute Gasteiger partial charge is 0.416 e. The van der Waals surface area contributed by atoms with Gasteiger partial charge in [0, 0.05) is 17.6 Å². The molecule has 0 aliphatic rings. The Kier molecular flexibility index (Phi) is 11.0. The smallest absolute Gasteiger partial charge is 0.352 e. The average molecular weight is 624 g/mol. The van der Waals surface area contributed by atoms with Gasteiger partial charge in [0.1, 0.15) is 12.6 Å². The zero-order valence-corrected chi connectivity index (χ0v) is 25.0. The molecule has 0 bridgehead atoms. The molecule has 12 heteroatoms. The van der Waals surface area contributed by atoms with Crippen molar-refractivity contribution < 1.29 is 31.2 Å². The van der Waals surface area contributed by atoms with Gasteiger partial charge in [0.2, 0.25) is 11.8 Å². The van der Waals surface area contributed by atoms with E-state index in [0.717, 1.165) is 12.1 Å². The zero-order chi connectivity index (χ0) is 31.1. The van der Waals surface area contributed by atoms with Crippen LogP contribution in [0.1, 0.15) is 44.7 Å². The van der Waals surface area contributed by atoms with Gasteiger partial charge < -0.3 is 10.2 Å². The second kappa shape index (κ2) is 14.1. The minimum Gasteiger partial charge on any atom is -0.352 e. The van der Waals surface area contributed by atoms with Gasteiger partial charge in [-0.1, -0.05) is 61.8 Å². The second-order valence-electron chi connectivity index (χ2n) is 9.76. The van der Waals surface area contributed by atoms with Crippen LogP contribution >= 0.6 is 11.6 Å². The van der Waals surface area contributed by atoms with Crippen LogP contribution in [0.4, 0.5) is 18.9 Å². The highest BCUT2D eigenvalue weighted by Crippen LogP contribution is 2.33. The summed E-state index contributed by atoms with van der Waals surface area (Å²) in [5.74, 6) is -1.20. The highest BCUT2D eigenvalue weighted by molar-refractivity contribution is 7.92. The van der Waals surface area contributed by atoms with E-state index in [4.69, 9.17) is 11.6 Å². The molecule has 0 fully saturated rings. The van der Waals surface area contributed by atoms with Crippen LogP contribution in [0.3, 0.4) is 0 Å². The van der Waals surface area contributed by atoms with E-state index in [0.29, 0.717) is 27.4 Å². The third-order valence-electron chi connectivity index (χ3n) is 6.72. The molecular weight excluding hydrogens is 591 g/mol. The van der Waals surface area contributed by atoms with Crippen molar-refractivity contribution in [3.63, 3.8) is 0 Å². The molecule has 3 aromatic carbocycles. The Morgan fingerprint density at radius 1 is 0.929 bits per heavy atom. The van der Waals surface area contributed by atoms with Crippen LogP contribution in [0.5, 0.6) is 0 Å². The Morgan fingerprint density at radius 3 is 2.14 bits per heavy atom. The molecule has 7 nitrogen and oxygen atoms in total. The SMILES string of the molecule is CCC(C)NC(=O)C(CC)N(Cc1ccc(Cl)cc1)C(=O)CN(c1cccc(C(F)(F)F)c1)S(=O)(=O)c1ccccc1. The van der Waals surface area contributed by atoms with Crippen LogP contribution in [0.25, 0.3) is 0 Å². The molecule has 0 spiro atoms. The topological polar surface area (TPSA) is 86.8 Å². The fourth-order valence-electron chi connectivity index (χ4n) is 4.23. The summed E-state index contributed by atoms with van der Waals surface area (Å²) >= 11 is 6.02. The second-order valence-corrected chi connectivity index (χ2v) is 12.1. The van der Waals surface area contributed by atoms with Gasteiger partial charge >= 0.3 is 6.18 Å². The minimum absolute atomic E-state index is 0.0652. The highest BCUT2D eigenvalue weighted by atomic mass is 35.5. The quantitative estimate of drug-likeness (QED) is 0.257. The number of nitrogens with one attached hydrogen (secondary N) is 1. The maximum Gasteiger partial charge on any atom is 0.416 e. The molecule has 1 N–H and O–H groups in total. The van der Waals surface area contributed by atoms with E-state index in [1.54, 1.807) is 37.3 Å². The van der Waals surface area contributed by atoms with E-state index in [2.05, 4.69) is 5.32 Å². The lowest BCUT2D eigenvalue weighted by Crippen LogP contribution is -2.53. The fraction of sp³-hybridized carbons (Fsp3) is 0.333. The van der Waals surface area contributed by atoms with Gasteiger partial charge in [-0.15, -0.1) is 0 Å². The molecule has 0 radical (unpaired) electrons. The van der Waals surface area contributed by atoms with Crippen molar-refractivity contribution in [1.82, 2.24) is 10.2 Å². The van der Waals surface area contributed by atoms with E-state index in [1.807, 2.05) is 13.8 Å². The first-order valence-electron chi connectivity index (χ1n) is 13.4. The van der Waals surface area contributed by atoms with Gasteiger partial charge in [-0.05, 0) is 67.8 Å². The first-order valence-corrected chi connectivity index (χ1v) is 15.2. The van der Waals surface area contributed by atoms with Gasteiger partial charge in [0.25, 0.3) is 10.0 Å². The molecule has 0 heterocycles. The molecule has 0 aliphatic heterocycles. The fourth-order valence-corrected chi connectivity index (χ4v) is 5.79. The number of rotatable bonds is 12. The summed E-state index contributed by atoms with van der Waals surface area (Å²) in [5.41, 5.74) is -0.789. The average Bonchev–Trinajstić information content (AvgIpc) is 2.96. The maximum atomic E-state index is 14.0. The number of carbonyl (C=O) groups excluding carboxylic acids is 2. The normalized spacial score (nSPS) is 13.2. The van der Waals surface area contributed by atoms with E-state index < -0.39 is 46.2 Å². The molecule has 0 saturated heterocycles. The van der Waals surface area contributed by atoms with E-state index in [1.165, 1.54) is 35.2 Å². The maximum absolute atomic E-state index is 14.0. The van der Waals surface area contributed by atoms with Crippen molar-refractivity contribution in [2.45, 2.75) is 63.3 Å². The predicted molar refractivity (Wildman–Crippen MR) is 156 cm³/mol. The lowest BCUT2D eigenvalue weighted by Gasteiger charge is -2.34. The third-order valence-corrected chi connectivity index (χ3v) is 8.76. The third kappa shape index (κ3) is 8.25. The Labute approximate surface area is 249 Å². The number of carbonyl (C=O) groups is 2. The standard InChI is InChI=1S/C30H33ClF3N3O4S/c1-4-21(3)35-29(39)27(5-2)36(19-22-14-16-24(31)17-15-22)28(38)20-37(42(40,41)26-12-7-6-8-13-26)25-11-9-10-23(18-25)30(32,33)34/h6-18,21,27H,4-5,19-20H2,1-3H3,(H,35,39). The van der Waals surface area contributed by atoms with Crippen LogP contribution < -0.4 is 9.62 Å². The number of hydrogen-bond acceptors (Lipinski definition) is 4. The highest BCUT2D eigenvalue weighted by Gasteiger charge is 2.36. The zero-order valence-electron chi connectivity index (χ0n) is 23.4. The van der Waals surface area contributed by atoms with Crippen molar-refractivity contribution in [2.24, 2.45) is 0 Å². The van der Waals surface area contributed by atoms with E-state index in [-0.39, 0.29) is 29.6 Å². The molecule has 0 aromatic heterocycles. The van der Waals surface area contributed by atoms with E-state index >= 15 is 0 Å². The number of halogens is 4. The van der Waals surface area contributed by atoms with Crippen molar-refractivity contribution in [3.05, 3.63) is 95.0 Å². The first kappa shape index (κ1) is 32.9. The Morgan fingerprint density at radius 2 is 1.57 bits per heavy atom. The Hall–Kier alpha value is -3.57. The van der Waals surface area contributed by atoms with Gasteiger partial charge in [0.05, 0.1) is 16.1 Å². The van der Waals surface area contributed by atoms with Crippen molar-refractivity contribution >= 4 is 39.1 Å². The number of nitrogens with zero attached hydrogens (tertiary/aromatic N) is 2. The number of sulfonamides is 1.